The Bertz CT molecular complexity index is 947. The van der Waals surface area contributed by atoms with Crippen LogP contribution in [-0.2, 0) is 0 Å². The minimum absolute atomic E-state index is 0.0828. The van der Waals surface area contributed by atoms with E-state index in [4.69, 9.17) is 4.74 Å². The van der Waals surface area contributed by atoms with E-state index >= 15 is 0 Å². The van der Waals surface area contributed by atoms with Gasteiger partial charge in [-0.25, -0.2) is 0 Å². The number of fused-ring (bicyclic) bond motifs is 3. The van der Waals surface area contributed by atoms with Gasteiger partial charge in [-0.1, -0.05) is 38.1 Å². The number of benzene rings is 2. The summed E-state index contributed by atoms with van der Waals surface area (Å²) in [6.07, 6.45) is 3.24. The SMILES string of the molecule is COc1ccc(-c2ccc3c(c2)[N+]([O-])=C2C3=CC(C)(C)CC2(C)C)cc1. The second-order valence-electron chi connectivity index (χ2n) is 8.71. The van der Waals surface area contributed by atoms with Gasteiger partial charge in [0, 0.05) is 6.07 Å². The Hall–Kier alpha value is -2.55. The van der Waals surface area contributed by atoms with Crippen molar-refractivity contribution >= 4 is 17.0 Å². The first-order chi connectivity index (χ1) is 12.2. The zero-order valence-corrected chi connectivity index (χ0v) is 16.1. The van der Waals surface area contributed by atoms with Gasteiger partial charge in [-0.2, -0.15) is 4.74 Å². The zero-order valence-electron chi connectivity index (χ0n) is 16.1. The highest BCUT2D eigenvalue weighted by Crippen LogP contribution is 2.51. The monoisotopic (exact) mass is 347 g/mol. The lowest BCUT2D eigenvalue weighted by Gasteiger charge is -2.36. The summed E-state index contributed by atoms with van der Waals surface area (Å²) in [5, 5.41) is 13.2. The van der Waals surface area contributed by atoms with Crippen LogP contribution in [0.15, 0.2) is 48.5 Å². The molecule has 4 rings (SSSR count). The molecule has 0 bridgehead atoms. The third-order valence-corrected chi connectivity index (χ3v) is 5.46. The number of methoxy groups -OCH3 is 1. The zero-order chi connectivity index (χ0) is 18.7. The molecule has 0 amide bonds. The second kappa shape index (κ2) is 5.47. The Morgan fingerprint density at radius 3 is 2.27 bits per heavy atom. The molecule has 0 radical (unpaired) electrons. The molecule has 0 saturated carbocycles. The van der Waals surface area contributed by atoms with Gasteiger partial charge in [0.1, 0.15) is 5.75 Å². The van der Waals surface area contributed by atoms with Crippen molar-refractivity contribution < 1.29 is 9.48 Å². The molecule has 2 aliphatic rings. The van der Waals surface area contributed by atoms with E-state index < -0.39 is 0 Å². The van der Waals surface area contributed by atoms with Crippen molar-refractivity contribution in [3.8, 4) is 16.9 Å². The van der Waals surface area contributed by atoms with Gasteiger partial charge in [0.05, 0.1) is 23.7 Å². The van der Waals surface area contributed by atoms with Crippen molar-refractivity contribution in [2.75, 3.05) is 7.11 Å². The molecule has 3 nitrogen and oxygen atoms in total. The van der Waals surface area contributed by atoms with Gasteiger partial charge in [0.2, 0.25) is 11.4 Å². The number of rotatable bonds is 2. The minimum Gasteiger partial charge on any atom is -0.618 e. The number of hydrogen-bond acceptors (Lipinski definition) is 2. The van der Waals surface area contributed by atoms with Crippen molar-refractivity contribution in [3.05, 3.63) is 59.3 Å². The first kappa shape index (κ1) is 16.9. The molecule has 134 valence electrons. The fourth-order valence-electron chi connectivity index (χ4n) is 4.70. The first-order valence-corrected chi connectivity index (χ1v) is 9.09. The molecule has 0 spiro atoms. The van der Waals surface area contributed by atoms with Crippen molar-refractivity contribution in [3.63, 3.8) is 0 Å². The lowest BCUT2D eigenvalue weighted by molar-refractivity contribution is -0.361. The fourth-order valence-corrected chi connectivity index (χ4v) is 4.70. The first-order valence-electron chi connectivity index (χ1n) is 9.09. The highest BCUT2D eigenvalue weighted by molar-refractivity contribution is 6.28. The van der Waals surface area contributed by atoms with Gasteiger partial charge in [0.25, 0.3) is 0 Å². The van der Waals surface area contributed by atoms with Crippen LogP contribution >= 0.6 is 0 Å². The molecule has 1 heterocycles. The smallest absolute Gasteiger partial charge is 0.225 e. The Kier molecular flexibility index (Phi) is 3.56. The van der Waals surface area contributed by atoms with Crippen molar-refractivity contribution in [2.45, 2.75) is 34.1 Å². The van der Waals surface area contributed by atoms with Crippen LogP contribution in [0.2, 0.25) is 0 Å². The third kappa shape index (κ3) is 2.54. The Balaban J connectivity index is 1.85. The summed E-state index contributed by atoms with van der Waals surface area (Å²) in [4.78, 5) is 0. The molecule has 1 aliphatic carbocycles. The van der Waals surface area contributed by atoms with E-state index in [1.54, 1.807) is 7.11 Å². The van der Waals surface area contributed by atoms with Gasteiger partial charge >= 0.3 is 0 Å². The second-order valence-corrected chi connectivity index (χ2v) is 8.71. The molecule has 0 saturated heterocycles. The Morgan fingerprint density at radius 2 is 1.62 bits per heavy atom. The topological polar surface area (TPSA) is 35.3 Å². The molecular weight excluding hydrogens is 322 g/mol. The summed E-state index contributed by atoms with van der Waals surface area (Å²) >= 11 is 0. The molecule has 3 heteroatoms. The van der Waals surface area contributed by atoms with Crippen LogP contribution in [0, 0.1) is 16.0 Å². The number of ether oxygens (including phenoxy) is 1. The molecule has 0 fully saturated rings. The molecule has 2 aromatic rings. The van der Waals surface area contributed by atoms with Crippen LogP contribution in [0.4, 0.5) is 5.69 Å². The fraction of sp³-hybridized carbons (Fsp3) is 0.348. The normalized spacial score (nSPS) is 19.7. The molecule has 0 aromatic heterocycles. The van der Waals surface area contributed by atoms with Crippen LogP contribution in [0.1, 0.15) is 39.7 Å². The summed E-state index contributed by atoms with van der Waals surface area (Å²) in [6, 6.07) is 14.1. The van der Waals surface area contributed by atoms with Crippen molar-refractivity contribution in [2.24, 2.45) is 10.8 Å². The summed E-state index contributed by atoms with van der Waals surface area (Å²) in [5.41, 5.74) is 5.88. The summed E-state index contributed by atoms with van der Waals surface area (Å²) < 4.78 is 6.39. The average Bonchev–Trinajstić information content (AvgIpc) is 2.85. The lowest BCUT2D eigenvalue weighted by atomic mass is 9.65. The van der Waals surface area contributed by atoms with E-state index in [0.29, 0.717) is 0 Å². The highest BCUT2D eigenvalue weighted by atomic mass is 16.5. The maximum Gasteiger partial charge on any atom is 0.225 e. The molecule has 2 aromatic carbocycles. The predicted octanol–water partition coefficient (Wildman–Crippen LogP) is 5.80. The lowest BCUT2D eigenvalue weighted by Crippen LogP contribution is -2.36. The maximum atomic E-state index is 13.2. The highest BCUT2D eigenvalue weighted by Gasteiger charge is 2.48. The number of hydrogen-bond donors (Lipinski definition) is 0. The molecule has 0 N–H and O–H groups in total. The van der Waals surface area contributed by atoms with E-state index in [9.17, 15) is 5.21 Å². The van der Waals surface area contributed by atoms with Crippen molar-refractivity contribution in [1.82, 2.24) is 0 Å². The summed E-state index contributed by atoms with van der Waals surface area (Å²) in [5.74, 6) is 0.830. The number of allylic oxidation sites excluding steroid dienone is 2. The van der Waals surface area contributed by atoms with Gasteiger partial charge in [-0.3, -0.25) is 0 Å². The van der Waals surface area contributed by atoms with Crippen LogP contribution in [0.5, 0.6) is 5.75 Å². The van der Waals surface area contributed by atoms with Crippen molar-refractivity contribution in [1.29, 1.82) is 0 Å². The van der Waals surface area contributed by atoms with Crippen LogP contribution in [-0.4, -0.2) is 17.6 Å². The standard InChI is InChI=1S/C23H25NO2/c1-22(2)13-19-18-11-8-16(15-6-9-17(26-5)10-7-15)12-20(18)24(25)21(19)23(3,4)14-22/h6-13H,14H2,1-5H3. The van der Waals surface area contributed by atoms with Crippen LogP contribution in [0.3, 0.4) is 0 Å². The van der Waals surface area contributed by atoms with E-state index in [-0.39, 0.29) is 10.8 Å². The molecular formula is C23H25NO2. The largest absolute Gasteiger partial charge is 0.618 e. The van der Waals surface area contributed by atoms with Gasteiger partial charge in [0.15, 0.2) is 0 Å². The van der Waals surface area contributed by atoms with E-state index in [0.717, 1.165) is 50.6 Å². The number of nitrogens with zero attached hydrogens (tertiary/aromatic N) is 1. The third-order valence-electron chi connectivity index (χ3n) is 5.46. The maximum absolute atomic E-state index is 13.2. The molecule has 1 aliphatic heterocycles. The van der Waals surface area contributed by atoms with E-state index in [1.807, 2.05) is 30.3 Å². The Labute approximate surface area is 155 Å². The quantitative estimate of drug-likeness (QED) is 0.508. The predicted molar refractivity (Wildman–Crippen MR) is 107 cm³/mol. The minimum atomic E-state index is -0.144. The van der Waals surface area contributed by atoms with Gasteiger partial charge in [-0.15, -0.1) is 0 Å². The van der Waals surface area contributed by atoms with Gasteiger partial charge < -0.3 is 9.94 Å². The van der Waals surface area contributed by atoms with Crippen LogP contribution in [0.25, 0.3) is 16.7 Å². The molecule has 0 atom stereocenters. The molecule has 0 unspecified atom stereocenters. The average molecular weight is 347 g/mol. The van der Waals surface area contributed by atoms with Gasteiger partial charge in [-0.05, 0) is 55.0 Å². The molecule has 26 heavy (non-hydrogen) atoms. The van der Waals surface area contributed by atoms with Crippen LogP contribution < -0.4 is 4.74 Å². The summed E-state index contributed by atoms with van der Waals surface area (Å²) in [7, 11) is 1.66. The summed E-state index contributed by atoms with van der Waals surface area (Å²) in [6.45, 7) is 8.85. The van der Waals surface area contributed by atoms with E-state index in [2.05, 4.69) is 45.9 Å². The van der Waals surface area contributed by atoms with E-state index in [1.165, 1.54) is 0 Å². The Morgan fingerprint density at radius 1 is 0.962 bits per heavy atom.